The van der Waals surface area contributed by atoms with Gasteiger partial charge in [-0.2, -0.15) is 0 Å². The van der Waals surface area contributed by atoms with E-state index < -0.39 is 24.0 Å². The van der Waals surface area contributed by atoms with E-state index in [-0.39, 0.29) is 5.92 Å². The van der Waals surface area contributed by atoms with Crippen LogP contribution in [0.4, 0.5) is 0 Å². The van der Waals surface area contributed by atoms with Crippen LogP contribution in [0.15, 0.2) is 0 Å². The SMILES string of the molecule is CCC(C)[C@H](N)C(=O)O.CCC(N)C(=O)O. The van der Waals surface area contributed by atoms with Crippen LogP contribution < -0.4 is 11.5 Å². The predicted molar refractivity (Wildman–Crippen MR) is 61.0 cm³/mol. The summed E-state index contributed by atoms with van der Waals surface area (Å²) >= 11 is 0. The van der Waals surface area contributed by atoms with E-state index in [4.69, 9.17) is 21.7 Å². The van der Waals surface area contributed by atoms with Gasteiger partial charge in [-0.25, -0.2) is 0 Å². The van der Waals surface area contributed by atoms with Crippen molar-refractivity contribution in [3.8, 4) is 0 Å². The van der Waals surface area contributed by atoms with Gasteiger partial charge in [0.05, 0.1) is 0 Å². The van der Waals surface area contributed by atoms with Crippen molar-refractivity contribution in [3.63, 3.8) is 0 Å². The molecule has 0 aromatic rings. The summed E-state index contributed by atoms with van der Waals surface area (Å²) in [4.78, 5) is 20.0. The van der Waals surface area contributed by atoms with E-state index >= 15 is 0 Å². The maximum absolute atomic E-state index is 10.2. The predicted octanol–water partition coefficient (Wildman–Crippen LogP) is 0.253. The summed E-state index contributed by atoms with van der Waals surface area (Å²) in [5.41, 5.74) is 10.3. The van der Waals surface area contributed by atoms with Crippen molar-refractivity contribution in [2.45, 2.75) is 45.7 Å². The van der Waals surface area contributed by atoms with E-state index in [1.54, 1.807) is 6.92 Å². The zero-order valence-corrected chi connectivity index (χ0v) is 10.0. The second-order valence-electron chi connectivity index (χ2n) is 3.60. The highest BCUT2D eigenvalue weighted by Crippen LogP contribution is 2.04. The lowest BCUT2D eigenvalue weighted by Gasteiger charge is -2.11. The lowest BCUT2D eigenvalue weighted by Crippen LogP contribution is -2.36. The van der Waals surface area contributed by atoms with Crippen molar-refractivity contribution < 1.29 is 19.8 Å². The molecule has 6 N–H and O–H groups in total. The van der Waals surface area contributed by atoms with Gasteiger partial charge in [0.15, 0.2) is 0 Å². The van der Waals surface area contributed by atoms with Gasteiger partial charge in [-0.15, -0.1) is 0 Å². The lowest BCUT2D eigenvalue weighted by molar-refractivity contribution is -0.140. The molecule has 2 unspecified atom stereocenters. The summed E-state index contributed by atoms with van der Waals surface area (Å²) < 4.78 is 0. The summed E-state index contributed by atoms with van der Waals surface area (Å²) in [5, 5.41) is 16.4. The van der Waals surface area contributed by atoms with Gasteiger partial charge in [0.25, 0.3) is 0 Å². The Labute approximate surface area is 95.6 Å². The Kier molecular flexibility index (Phi) is 9.83. The number of carboxylic acid groups (broad SMARTS) is 2. The molecule has 0 spiro atoms. The molecule has 16 heavy (non-hydrogen) atoms. The number of rotatable bonds is 5. The minimum atomic E-state index is -0.928. The second kappa shape index (κ2) is 9.11. The van der Waals surface area contributed by atoms with E-state index in [2.05, 4.69) is 0 Å². The first-order chi connectivity index (χ1) is 7.27. The van der Waals surface area contributed by atoms with E-state index in [0.29, 0.717) is 6.42 Å². The molecule has 3 atom stereocenters. The summed E-state index contributed by atoms with van der Waals surface area (Å²) in [6, 6.07) is -1.38. The number of hydrogen-bond donors (Lipinski definition) is 4. The standard InChI is InChI=1S/C6H13NO2.C4H9NO2/c1-3-4(2)5(7)6(8)9;1-2-3(5)4(6)7/h4-5H,3,7H2,1-2H3,(H,8,9);3H,2,5H2,1H3,(H,6,7)/t4?,5-;/m0./s1. The molecular formula is C10H22N2O4. The Morgan fingerprint density at radius 2 is 1.50 bits per heavy atom. The fourth-order valence-corrected chi connectivity index (χ4v) is 0.672. The molecule has 0 rings (SSSR count). The molecule has 6 heteroatoms. The van der Waals surface area contributed by atoms with Crippen LogP contribution in [0.1, 0.15) is 33.6 Å². The molecular weight excluding hydrogens is 212 g/mol. The highest BCUT2D eigenvalue weighted by atomic mass is 16.4. The third-order valence-electron chi connectivity index (χ3n) is 2.30. The molecule has 6 nitrogen and oxygen atoms in total. The minimum absolute atomic E-state index is 0.0718. The van der Waals surface area contributed by atoms with Gasteiger partial charge in [-0.3, -0.25) is 9.59 Å². The van der Waals surface area contributed by atoms with Crippen LogP contribution in [0.5, 0.6) is 0 Å². The maximum atomic E-state index is 10.2. The topological polar surface area (TPSA) is 127 Å². The van der Waals surface area contributed by atoms with Gasteiger partial charge in [0.1, 0.15) is 12.1 Å². The molecule has 0 radical (unpaired) electrons. The van der Waals surface area contributed by atoms with E-state index in [9.17, 15) is 9.59 Å². The first-order valence-corrected chi connectivity index (χ1v) is 5.24. The first kappa shape index (κ1) is 17.3. The molecule has 0 aliphatic heterocycles. The largest absolute Gasteiger partial charge is 0.480 e. The molecule has 0 amide bonds. The van der Waals surface area contributed by atoms with Gasteiger partial charge in [-0.05, 0) is 12.3 Å². The number of carbonyl (C=O) groups is 2. The molecule has 96 valence electrons. The maximum Gasteiger partial charge on any atom is 0.320 e. The Morgan fingerprint density at radius 3 is 1.56 bits per heavy atom. The molecule has 0 aromatic carbocycles. The van der Waals surface area contributed by atoms with Crippen LogP contribution in [0.2, 0.25) is 0 Å². The molecule has 0 fully saturated rings. The van der Waals surface area contributed by atoms with E-state index in [1.165, 1.54) is 0 Å². The highest BCUT2D eigenvalue weighted by Gasteiger charge is 2.17. The van der Waals surface area contributed by atoms with Crippen LogP contribution >= 0.6 is 0 Å². The quantitative estimate of drug-likeness (QED) is 0.540. The van der Waals surface area contributed by atoms with Crippen molar-refractivity contribution in [3.05, 3.63) is 0 Å². The molecule has 0 bridgehead atoms. The average molecular weight is 234 g/mol. The lowest BCUT2D eigenvalue weighted by atomic mass is 10.0. The molecule has 0 saturated carbocycles. The number of hydrogen-bond acceptors (Lipinski definition) is 4. The summed E-state index contributed by atoms with van der Waals surface area (Å²) in [6.07, 6.45) is 1.31. The van der Waals surface area contributed by atoms with Crippen molar-refractivity contribution >= 4 is 11.9 Å². The van der Waals surface area contributed by atoms with Crippen LogP contribution in [0.25, 0.3) is 0 Å². The summed E-state index contributed by atoms with van der Waals surface area (Å²) in [6.45, 7) is 5.49. The van der Waals surface area contributed by atoms with Crippen molar-refractivity contribution in [1.82, 2.24) is 0 Å². The Balaban J connectivity index is 0. The number of aliphatic carboxylic acids is 2. The molecule has 0 heterocycles. The van der Waals surface area contributed by atoms with Crippen molar-refractivity contribution in [1.29, 1.82) is 0 Å². The fraction of sp³-hybridized carbons (Fsp3) is 0.800. The smallest absolute Gasteiger partial charge is 0.320 e. The van der Waals surface area contributed by atoms with Gasteiger partial charge in [-0.1, -0.05) is 27.2 Å². The monoisotopic (exact) mass is 234 g/mol. The van der Waals surface area contributed by atoms with Gasteiger partial charge in [0.2, 0.25) is 0 Å². The average Bonchev–Trinajstić information content (AvgIpc) is 2.26. The van der Waals surface area contributed by atoms with Gasteiger partial charge < -0.3 is 21.7 Å². The van der Waals surface area contributed by atoms with Crippen molar-refractivity contribution in [2.24, 2.45) is 17.4 Å². The van der Waals surface area contributed by atoms with Crippen LogP contribution in [0.3, 0.4) is 0 Å². The van der Waals surface area contributed by atoms with E-state index in [0.717, 1.165) is 6.42 Å². The molecule has 0 aliphatic carbocycles. The summed E-state index contributed by atoms with van der Waals surface area (Å²) in [7, 11) is 0. The third kappa shape index (κ3) is 8.19. The number of carboxylic acids is 2. The van der Waals surface area contributed by atoms with Crippen molar-refractivity contribution in [2.75, 3.05) is 0 Å². The second-order valence-corrected chi connectivity index (χ2v) is 3.60. The molecule has 0 saturated heterocycles. The zero-order valence-electron chi connectivity index (χ0n) is 10.0. The minimum Gasteiger partial charge on any atom is -0.480 e. The van der Waals surface area contributed by atoms with Gasteiger partial charge >= 0.3 is 11.9 Å². The molecule has 0 aromatic heterocycles. The van der Waals surface area contributed by atoms with Gasteiger partial charge in [0, 0.05) is 0 Å². The third-order valence-corrected chi connectivity index (χ3v) is 2.30. The first-order valence-electron chi connectivity index (χ1n) is 5.24. The highest BCUT2D eigenvalue weighted by molar-refractivity contribution is 5.73. The van der Waals surface area contributed by atoms with Crippen LogP contribution in [-0.2, 0) is 9.59 Å². The Morgan fingerprint density at radius 1 is 1.06 bits per heavy atom. The summed E-state index contributed by atoms with van der Waals surface area (Å²) in [5.74, 6) is -1.77. The zero-order chi connectivity index (χ0) is 13.3. The van der Waals surface area contributed by atoms with Crippen LogP contribution in [-0.4, -0.2) is 34.2 Å². The Bertz CT molecular complexity index is 221. The molecule has 0 aliphatic rings. The van der Waals surface area contributed by atoms with Crippen LogP contribution in [0, 0.1) is 5.92 Å². The fourth-order valence-electron chi connectivity index (χ4n) is 0.672. The normalized spacial score (nSPS) is 15.3. The van der Waals surface area contributed by atoms with E-state index in [1.807, 2.05) is 13.8 Å². The Hall–Kier alpha value is -1.14. The number of nitrogens with two attached hydrogens (primary N) is 2.